The number of carbonyl (C=O) groups excluding carboxylic acids is 2. The van der Waals surface area contributed by atoms with Crippen LogP contribution in [0, 0.1) is 0 Å². The van der Waals surface area contributed by atoms with Gasteiger partial charge in [0.1, 0.15) is 5.01 Å². The molecule has 0 aliphatic rings. The normalized spacial score (nSPS) is 11.9. The van der Waals surface area contributed by atoms with Gasteiger partial charge in [-0.15, -0.1) is 22.7 Å². The maximum Gasteiger partial charge on any atom is 0.358 e. The average molecular weight is 371 g/mol. The van der Waals surface area contributed by atoms with Gasteiger partial charge in [-0.2, -0.15) is 0 Å². The number of thiazole rings is 1. The lowest BCUT2D eigenvalue weighted by Crippen LogP contribution is -2.24. The second-order valence-electron chi connectivity index (χ2n) is 5.48. The summed E-state index contributed by atoms with van der Waals surface area (Å²) in [5.41, 5.74) is 1.93. The number of aromatic nitrogens is 1. The molecule has 0 spiro atoms. The van der Waals surface area contributed by atoms with E-state index < -0.39 is 12.1 Å². The SMILES string of the molecule is CCc1ccc(C(=O)[C@H](C)OC(=O)c2csc(-c3cccs3)n2)cc1. The highest BCUT2D eigenvalue weighted by molar-refractivity contribution is 7.20. The molecule has 0 aliphatic carbocycles. The van der Waals surface area contributed by atoms with Gasteiger partial charge >= 0.3 is 5.97 Å². The Morgan fingerprint density at radius 1 is 1.16 bits per heavy atom. The molecule has 0 radical (unpaired) electrons. The van der Waals surface area contributed by atoms with E-state index in [1.54, 1.807) is 35.8 Å². The average Bonchev–Trinajstić information content (AvgIpc) is 3.32. The van der Waals surface area contributed by atoms with Crippen LogP contribution in [0.5, 0.6) is 0 Å². The summed E-state index contributed by atoms with van der Waals surface area (Å²) in [5, 5.41) is 4.39. The molecule has 128 valence electrons. The van der Waals surface area contributed by atoms with Gasteiger partial charge in [0.05, 0.1) is 4.88 Å². The fourth-order valence-corrected chi connectivity index (χ4v) is 3.90. The molecule has 1 atom stereocenters. The topological polar surface area (TPSA) is 56.3 Å². The highest BCUT2D eigenvalue weighted by atomic mass is 32.1. The third kappa shape index (κ3) is 4.03. The number of benzene rings is 1. The van der Waals surface area contributed by atoms with Gasteiger partial charge in [0.15, 0.2) is 11.8 Å². The zero-order valence-electron chi connectivity index (χ0n) is 13.9. The maximum atomic E-state index is 12.4. The largest absolute Gasteiger partial charge is 0.450 e. The molecular weight excluding hydrogens is 354 g/mol. The molecule has 3 aromatic rings. The van der Waals surface area contributed by atoms with Crippen LogP contribution in [0.25, 0.3) is 9.88 Å². The fourth-order valence-electron chi connectivity index (χ4n) is 2.29. The summed E-state index contributed by atoms with van der Waals surface area (Å²) in [6.45, 7) is 3.64. The summed E-state index contributed by atoms with van der Waals surface area (Å²) in [6, 6.07) is 11.2. The quantitative estimate of drug-likeness (QED) is 0.458. The molecule has 0 aliphatic heterocycles. The van der Waals surface area contributed by atoms with Crippen molar-refractivity contribution >= 4 is 34.4 Å². The number of ether oxygens (including phenoxy) is 1. The number of thiophene rings is 1. The van der Waals surface area contributed by atoms with Crippen molar-refractivity contribution in [1.82, 2.24) is 4.98 Å². The predicted octanol–water partition coefficient (Wildman–Crippen LogP) is 4.86. The molecule has 0 saturated heterocycles. The van der Waals surface area contributed by atoms with Gasteiger partial charge < -0.3 is 4.74 Å². The van der Waals surface area contributed by atoms with Gasteiger partial charge in [0.2, 0.25) is 5.78 Å². The van der Waals surface area contributed by atoms with Crippen molar-refractivity contribution in [1.29, 1.82) is 0 Å². The monoisotopic (exact) mass is 371 g/mol. The second kappa shape index (κ2) is 7.72. The van der Waals surface area contributed by atoms with Gasteiger partial charge in [-0.05, 0) is 30.4 Å². The molecule has 3 rings (SSSR count). The number of esters is 1. The number of rotatable bonds is 6. The summed E-state index contributed by atoms with van der Waals surface area (Å²) in [5.74, 6) is -0.796. The highest BCUT2D eigenvalue weighted by Crippen LogP contribution is 2.28. The van der Waals surface area contributed by atoms with E-state index in [1.807, 2.05) is 29.6 Å². The number of aryl methyl sites for hydroxylation is 1. The third-order valence-electron chi connectivity index (χ3n) is 3.75. The number of ketones is 1. The molecule has 0 fully saturated rings. The molecule has 0 saturated carbocycles. The second-order valence-corrected chi connectivity index (χ2v) is 7.28. The summed E-state index contributed by atoms with van der Waals surface area (Å²) in [4.78, 5) is 30.0. The van der Waals surface area contributed by atoms with E-state index in [-0.39, 0.29) is 11.5 Å². The van der Waals surface area contributed by atoms with Crippen molar-refractivity contribution in [3.8, 4) is 9.88 Å². The van der Waals surface area contributed by atoms with Crippen LogP contribution in [0.4, 0.5) is 0 Å². The lowest BCUT2D eigenvalue weighted by Gasteiger charge is -2.11. The predicted molar refractivity (Wildman–Crippen MR) is 100 cm³/mol. The van der Waals surface area contributed by atoms with Gasteiger partial charge in [-0.25, -0.2) is 9.78 Å². The molecule has 4 nitrogen and oxygen atoms in total. The minimum atomic E-state index is -0.855. The van der Waals surface area contributed by atoms with Crippen LogP contribution < -0.4 is 0 Å². The van der Waals surface area contributed by atoms with Crippen molar-refractivity contribution in [2.24, 2.45) is 0 Å². The molecule has 2 heterocycles. The third-order valence-corrected chi connectivity index (χ3v) is 5.63. The molecular formula is C19H17NO3S2. The Balaban J connectivity index is 1.66. The van der Waals surface area contributed by atoms with E-state index >= 15 is 0 Å². The first-order valence-corrected chi connectivity index (χ1v) is 9.68. The molecule has 2 aromatic heterocycles. The minimum Gasteiger partial charge on any atom is -0.450 e. The Labute approximate surface area is 154 Å². The summed E-state index contributed by atoms with van der Waals surface area (Å²) in [7, 11) is 0. The van der Waals surface area contributed by atoms with Gasteiger partial charge in [-0.3, -0.25) is 4.79 Å². The standard InChI is InChI=1S/C19H17NO3S2/c1-3-13-6-8-14(9-7-13)17(21)12(2)23-19(22)15-11-25-18(20-15)16-5-4-10-24-16/h4-12H,3H2,1-2H3/t12-/m0/s1. The lowest BCUT2D eigenvalue weighted by molar-refractivity contribution is 0.0314. The number of hydrogen-bond acceptors (Lipinski definition) is 6. The molecule has 25 heavy (non-hydrogen) atoms. The van der Waals surface area contributed by atoms with E-state index in [9.17, 15) is 9.59 Å². The Morgan fingerprint density at radius 2 is 1.92 bits per heavy atom. The van der Waals surface area contributed by atoms with Crippen LogP contribution in [-0.4, -0.2) is 22.8 Å². The van der Waals surface area contributed by atoms with Crippen molar-refractivity contribution in [2.45, 2.75) is 26.4 Å². The maximum absolute atomic E-state index is 12.4. The van der Waals surface area contributed by atoms with Crippen LogP contribution >= 0.6 is 22.7 Å². The number of carbonyl (C=O) groups is 2. The zero-order valence-corrected chi connectivity index (χ0v) is 15.5. The number of Topliss-reactive ketones (excluding diaryl/α,β-unsaturated/α-hetero) is 1. The lowest BCUT2D eigenvalue weighted by atomic mass is 10.0. The van der Waals surface area contributed by atoms with E-state index in [0.717, 1.165) is 21.9 Å². The summed E-state index contributed by atoms with van der Waals surface area (Å²) >= 11 is 2.95. The summed E-state index contributed by atoms with van der Waals surface area (Å²) < 4.78 is 5.30. The van der Waals surface area contributed by atoms with E-state index in [4.69, 9.17) is 4.74 Å². The Kier molecular flexibility index (Phi) is 5.40. The minimum absolute atomic E-state index is 0.218. The van der Waals surface area contributed by atoms with Crippen LogP contribution in [0.3, 0.4) is 0 Å². The van der Waals surface area contributed by atoms with E-state index in [2.05, 4.69) is 11.9 Å². The smallest absolute Gasteiger partial charge is 0.358 e. The Bertz CT molecular complexity index is 866. The first kappa shape index (κ1) is 17.5. The van der Waals surface area contributed by atoms with E-state index in [0.29, 0.717) is 5.56 Å². The van der Waals surface area contributed by atoms with Gasteiger partial charge in [-0.1, -0.05) is 37.3 Å². The van der Waals surface area contributed by atoms with Crippen molar-refractivity contribution < 1.29 is 14.3 Å². The number of hydrogen-bond donors (Lipinski definition) is 0. The van der Waals surface area contributed by atoms with Crippen LogP contribution in [-0.2, 0) is 11.2 Å². The Hall–Kier alpha value is -2.31. The van der Waals surface area contributed by atoms with Crippen molar-refractivity contribution in [3.05, 3.63) is 64.0 Å². The molecule has 0 bridgehead atoms. The number of nitrogens with zero attached hydrogens (tertiary/aromatic N) is 1. The van der Waals surface area contributed by atoms with Gasteiger partial charge in [0, 0.05) is 10.9 Å². The van der Waals surface area contributed by atoms with E-state index in [1.165, 1.54) is 11.3 Å². The van der Waals surface area contributed by atoms with Crippen LogP contribution in [0.1, 0.15) is 40.3 Å². The van der Waals surface area contributed by atoms with Crippen molar-refractivity contribution in [3.63, 3.8) is 0 Å². The molecule has 0 unspecified atom stereocenters. The first-order valence-electron chi connectivity index (χ1n) is 7.92. The zero-order chi connectivity index (χ0) is 17.8. The summed E-state index contributed by atoms with van der Waals surface area (Å²) in [6.07, 6.45) is 0.0574. The van der Waals surface area contributed by atoms with Crippen LogP contribution in [0.2, 0.25) is 0 Å². The molecule has 1 aromatic carbocycles. The van der Waals surface area contributed by atoms with Crippen molar-refractivity contribution in [2.75, 3.05) is 0 Å². The Morgan fingerprint density at radius 3 is 2.56 bits per heavy atom. The van der Waals surface area contributed by atoms with Crippen LogP contribution in [0.15, 0.2) is 47.2 Å². The molecule has 0 amide bonds. The molecule has 0 N–H and O–H groups in total. The highest BCUT2D eigenvalue weighted by Gasteiger charge is 2.22. The molecule has 6 heteroatoms. The first-order chi connectivity index (χ1) is 12.1. The fraction of sp³-hybridized carbons (Fsp3) is 0.211. The van der Waals surface area contributed by atoms with Gasteiger partial charge in [0.25, 0.3) is 0 Å².